The first kappa shape index (κ1) is 20.2. The normalized spacial score (nSPS) is 11.7. The first-order chi connectivity index (χ1) is 12.6. The van der Waals surface area contributed by atoms with E-state index in [9.17, 15) is 4.79 Å². The first-order valence-corrected chi connectivity index (χ1v) is 9.83. The first-order valence-electron chi connectivity index (χ1n) is 8.78. The van der Waals surface area contributed by atoms with Gasteiger partial charge < -0.3 is 14.8 Å². The van der Waals surface area contributed by atoms with Gasteiger partial charge in [0.15, 0.2) is 11.5 Å². The summed E-state index contributed by atoms with van der Waals surface area (Å²) in [5, 5.41) is 2.93. The third-order valence-electron chi connectivity index (χ3n) is 4.10. The van der Waals surface area contributed by atoms with Gasteiger partial charge in [0.25, 0.3) is 0 Å². The van der Waals surface area contributed by atoms with E-state index < -0.39 is 0 Å². The summed E-state index contributed by atoms with van der Waals surface area (Å²) in [7, 11) is 3.21. The van der Waals surface area contributed by atoms with Crippen LogP contribution in [0.5, 0.6) is 11.5 Å². The fourth-order valence-corrected chi connectivity index (χ4v) is 3.48. The van der Waals surface area contributed by atoms with Crippen LogP contribution in [0.15, 0.2) is 48.5 Å². The van der Waals surface area contributed by atoms with E-state index in [1.54, 1.807) is 26.0 Å². The molecule has 1 amide bonds. The van der Waals surface area contributed by atoms with Crippen molar-refractivity contribution in [3.8, 4) is 11.5 Å². The van der Waals surface area contributed by atoms with Gasteiger partial charge in [0, 0.05) is 6.54 Å². The second-order valence-electron chi connectivity index (χ2n) is 6.01. The van der Waals surface area contributed by atoms with Crippen molar-refractivity contribution in [2.75, 3.05) is 20.0 Å². The lowest BCUT2D eigenvalue weighted by atomic mass is 10.1. The molecule has 0 aliphatic carbocycles. The number of carbonyl (C=O) groups is 1. The van der Waals surface area contributed by atoms with E-state index in [4.69, 9.17) is 9.47 Å². The average molecular weight is 374 g/mol. The third-order valence-corrected chi connectivity index (χ3v) is 5.34. The summed E-state index contributed by atoms with van der Waals surface area (Å²) in [6, 6.07) is 16.1. The summed E-state index contributed by atoms with van der Waals surface area (Å²) in [5.74, 6) is 2.39. The maximum atomic E-state index is 12.3. The van der Waals surface area contributed by atoms with E-state index in [0.717, 1.165) is 24.2 Å². The van der Waals surface area contributed by atoms with Gasteiger partial charge in [-0.2, -0.15) is 0 Å². The van der Waals surface area contributed by atoms with Crippen molar-refractivity contribution in [3.05, 3.63) is 59.7 Å². The monoisotopic (exact) mass is 373 g/mol. The number of hydrogen-bond acceptors (Lipinski definition) is 4. The maximum absolute atomic E-state index is 12.3. The van der Waals surface area contributed by atoms with Gasteiger partial charge in [-0.15, -0.1) is 11.8 Å². The Morgan fingerprint density at radius 1 is 1.04 bits per heavy atom. The number of methoxy groups -OCH3 is 2. The van der Waals surface area contributed by atoms with Gasteiger partial charge in [-0.1, -0.05) is 36.4 Å². The third kappa shape index (κ3) is 6.30. The van der Waals surface area contributed by atoms with Crippen LogP contribution in [0.1, 0.15) is 24.5 Å². The Hall–Kier alpha value is -2.14. The van der Waals surface area contributed by atoms with Crippen molar-refractivity contribution in [3.63, 3.8) is 0 Å². The summed E-state index contributed by atoms with van der Waals surface area (Å²) in [5.41, 5.74) is 2.33. The highest BCUT2D eigenvalue weighted by molar-refractivity contribution is 8.00. The van der Waals surface area contributed by atoms with Crippen molar-refractivity contribution in [1.29, 1.82) is 0 Å². The number of benzene rings is 2. The maximum Gasteiger partial charge on any atom is 0.233 e. The molecule has 1 atom stereocenters. The highest BCUT2D eigenvalue weighted by Crippen LogP contribution is 2.27. The number of thioether (sulfide) groups is 1. The van der Waals surface area contributed by atoms with E-state index >= 15 is 0 Å². The molecule has 0 heterocycles. The van der Waals surface area contributed by atoms with Gasteiger partial charge in [0.2, 0.25) is 5.91 Å². The number of hydrogen-bond donors (Lipinski definition) is 1. The van der Waals surface area contributed by atoms with Gasteiger partial charge in [0.05, 0.1) is 19.5 Å². The molecule has 5 heteroatoms. The molecule has 0 spiro atoms. The molecule has 0 radical (unpaired) electrons. The van der Waals surface area contributed by atoms with Crippen molar-refractivity contribution >= 4 is 17.7 Å². The lowest BCUT2D eigenvalue weighted by molar-refractivity contribution is -0.120. The van der Waals surface area contributed by atoms with Gasteiger partial charge in [-0.05, 0) is 48.8 Å². The average Bonchev–Trinajstić information content (AvgIpc) is 2.69. The number of aryl methyl sites for hydroxylation is 1. The van der Waals surface area contributed by atoms with Crippen LogP contribution < -0.4 is 14.8 Å². The minimum Gasteiger partial charge on any atom is -0.493 e. The Morgan fingerprint density at radius 2 is 1.77 bits per heavy atom. The Bertz CT molecular complexity index is 691. The lowest BCUT2D eigenvalue weighted by Gasteiger charge is -2.13. The number of amides is 1. The molecule has 2 aromatic carbocycles. The smallest absolute Gasteiger partial charge is 0.233 e. The molecule has 140 valence electrons. The van der Waals surface area contributed by atoms with Crippen LogP contribution in [0.4, 0.5) is 0 Å². The minimum atomic E-state index is -0.0640. The second-order valence-corrected chi connectivity index (χ2v) is 7.46. The predicted octanol–water partition coefficient (Wildman–Crippen LogP) is 4.07. The molecule has 0 aliphatic rings. The van der Waals surface area contributed by atoms with E-state index in [1.165, 1.54) is 5.56 Å². The van der Waals surface area contributed by atoms with Crippen LogP contribution in [0.25, 0.3) is 0 Å². The molecule has 2 rings (SSSR count). The Balaban J connectivity index is 1.71. The van der Waals surface area contributed by atoms with Gasteiger partial charge in [0.1, 0.15) is 0 Å². The van der Waals surface area contributed by atoms with E-state index in [1.807, 2.05) is 31.2 Å². The molecule has 1 N–H and O–H groups in total. The number of rotatable bonds is 10. The molecular formula is C21H27NO3S. The molecule has 26 heavy (non-hydrogen) atoms. The van der Waals surface area contributed by atoms with E-state index in [2.05, 4.69) is 29.6 Å². The highest BCUT2D eigenvalue weighted by atomic mass is 32.2. The van der Waals surface area contributed by atoms with E-state index in [-0.39, 0.29) is 11.2 Å². The molecule has 4 nitrogen and oxygen atoms in total. The topological polar surface area (TPSA) is 47.6 Å². The molecule has 2 aromatic rings. The quantitative estimate of drug-likeness (QED) is 0.638. The summed E-state index contributed by atoms with van der Waals surface area (Å²) < 4.78 is 10.5. The van der Waals surface area contributed by atoms with Crippen LogP contribution in [0.2, 0.25) is 0 Å². The molecule has 0 fully saturated rings. The molecule has 0 bridgehead atoms. The standard InChI is InChI=1S/C21H27NO3S/c1-16(26-13-7-10-17-8-5-4-6-9-17)21(23)22-15-18-11-12-19(24-2)20(14-18)25-3/h4-6,8-9,11-12,14,16H,7,10,13,15H2,1-3H3,(H,22,23). The lowest BCUT2D eigenvalue weighted by Crippen LogP contribution is -2.30. The summed E-state index contributed by atoms with van der Waals surface area (Å²) in [4.78, 5) is 12.3. The van der Waals surface area contributed by atoms with Gasteiger partial charge in [-0.25, -0.2) is 0 Å². The van der Waals surface area contributed by atoms with Crippen LogP contribution >= 0.6 is 11.8 Å². The second kappa shape index (κ2) is 10.8. The Morgan fingerprint density at radius 3 is 2.46 bits per heavy atom. The molecular weight excluding hydrogens is 346 g/mol. The zero-order valence-corrected chi connectivity index (χ0v) is 16.5. The number of ether oxygens (including phenoxy) is 2. The molecule has 0 aliphatic heterocycles. The summed E-state index contributed by atoms with van der Waals surface area (Å²) >= 11 is 1.70. The zero-order chi connectivity index (χ0) is 18.8. The SMILES string of the molecule is COc1ccc(CNC(=O)C(C)SCCCc2ccccc2)cc1OC. The van der Waals surface area contributed by atoms with Crippen molar-refractivity contribution < 1.29 is 14.3 Å². The minimum absolute atomic E-state index is 0.0597. The largest absolute Gasteiger partial charge is 0.493 e. The Kier molecular flexibility index (Phi) is 8.35. The van der Waals surface area contributed by atoms with Crippen LogP contribution in [-0.4, -0.2) is 31.1 Å². The van der Waals surface area contributed by atoms with Crippen LogP contribution in [0, 0.1) is 0 Å². The number of nitrogens with one attached hydrogen (secondary N) is 1. The molecule has 0 aromatic heterocycles. The van der Waals surface area contributed by atoms with Gasteiger partial charge in [-0.3, -0.25) is 4.79 Å². The van der Waals surface area contributed by atoms with Gasteiger partial charge >= 0.3 is 0 Å². The van der Waals surface area contributed by atoms with Crippen LogP contribution in [0.3, 0.4) is 0 Å². The number of carbonyl (C=O) groups excluding carboxylic acids is 1. The fraction of sp³-hybridized carbons (Fsp3) is 0.381. The Labute approximate surface area is 160 Å². The molecule has 0 saturated heterocycles. The molecule has 1 unspecified atom stereocenters. The zero-order valence-electron chi connectivity index (χ0n) is 15.7. The van der Waals surface area contributed by atoms with E-state index in [0.29, 0.717) is 18.0 Å². The summed E-state index contributed by atoms with van der Waals surface area (Å²) in [6.07, 6.45) is 2.12. The van der Waals surface area contributed by atoms with Crippen LogP contribution in [-0.2, 0) is 17.8 Å². The van der Waals surface area contributed by atoms with Crippen molar-refractivity contribution in [2.24, 2.45) is 0 Å². The highest BCUT2D eigenvalue weighted by Gasteiger charge is 2.13. The molecule has 0 saturated carbocycles. The van der Waals surface area contributed by atoms with Crippen molar-refractivity contribution in [1.82, 2.24) is 5.32 Å². The summed E-state index contributed by atoms with van der Waals surface area (Å²) in [6.45, 7) is 2.44. The fourth-order valence-electron chi connectivity index (χ4n) is 2.58. The predicted molar refractivity (Wildman–Crippen MR) is 108 cm³/mol. The van der Waals surface area contributed by atoms with Crippen molar-refractivity contribution in [2.45, 2.75) is 31.6 Å².